The Hall–Kier alpha value is -4.26. The lowest BCUT2D eigenvalue weighted by molar-refractivity contribution is -0.120. The van der Waals surface area contributed by atoms with Crippen molar-refractivity contribution in [3.63, 3.8) is 0 Å². The molecule has 176 valence electrons. The Morgan fingerprint density at radius 2 is 1.66 bits per heavy atom. The highest BCUT2D eigenvalue weighted by atomic mass is 19.1. The number of ether oxygens (including phenoxy) is 1. The molecule has 1 saturated heterocycles. The van der Waals surface area contributed by atoms with Gasteiger partial charge in [-0.15, -0.1) is 0 Å². The molecule has 0 radical (unpaired) electrons. The van der Waals surface area contributed by atoms with Gasteiger partial charge in [0.15, 0.2) is 0 Å². The topological polar surface area (TPSA) is 67.3 Å². The summed E-state index contributed by atoms with van der Waals surface area (Å²) in [5.41, 5.74) is 2.20. The van der Waals surface area contributed by atoms with E-state index in [2.05, 4.69) is 15.3 Å². The standard InChI is InChI=1S/C28H25FN4O2/c29-23-8-4-6-20(16-23)22-17-30-28(31-18-22)33-15-5-7-21(19-33)27(34)32-24-11-13-26(14-12-24)35-25-9-2-1-3-10-25/h1-4,6,8-14,16-18,21H,5,7,15,19H2,(H,32,34)/t21-/m0/s1. The molecule has 0 unspecified atom stereocenters. The predicted molar refractivity (Wildman–Crippen MR) is 134 cm³/mol. The monoisotopic (exact) mass is 468 g/mol. The van der Waals surface area contributed by atoms with Crippen LogP contribution in [0.1, 0.15) is 12.8 Å². The van der Waals surface area contributed by atoms with Crippen LogP contribution in [-0.4, -0.2) is 29.0 Å². The van der Waals surface area contributed by atoms with Crippen LogP contribution in [0.2, 0.25) is 0 Å². The molecule has 1 N–H and O–H groups in total. The van der Waals surface area contributed by atoms with Crippen LogP contribution in [-0.2, 0) is 4.79 Å². The second-order valence-corrected chi connectivity index (χ2v) is 8.50. The van der Waals surface area contributed by atoms with Crippen molar-refractivity contribution in [1.82, 2.24) is 9.97 Å². The van der Waals surface area contributed by atoms with Crippen molar-refractivity contribution >= 4 is 17.5 Å². The molecule has 3 aromatic carbocycles. The van der Waals surface area contributed by atoms with Crippen LogP contribution < -0.4 is 15.0 Å². The first-order valence-electron chi connectivity index (χ1n) is 11.6. The molecule has 0 aliphatic carbocycles. The molecule has 1 atom stereocenters. The lowest BCUT2D eigenvalue weighted by atomic mass is 9.97. The van der Waals surface area contributed by atoms with Crippen molar-refractivity contribution < 1.29 is 13.9 Å². The number of nitrogens with zero attached hydrogens (tertiary/aromatic N) is 3. The summed E-state index contributed by atoms with van der Waals surface area (Å²) in [5, 5.41) is 3.01. The molecule has 1 aromatic heterocycles. The summed E-state index contributed by atoms with van der Waals surface area (Å²) < 4.78 is 19.3. The van der Waals surface area contributed by atoms with Crippen LogP contribution in [0, 0.1) is 11.7 Å². The van der Waals surface area contributed by atoms with Crippen molar-refractivity contribution in [2.75, 3.05) is 23.3 Å². The number of piperidine rings is 1. The van der Waals surface area contributed by atoms with E-state index >= 15 is 0 Å². The van der Waals surface area contributed by atoms with Gasteiger partial charge in [-0.25, -0.2) is 14.4 Å². The number of anilines is 2. The van der Waals surface area contributed by atoms with Crippen LogP contribution in [0.25, 0.3) is 11.1 Å². The quantitative estimate of drug-likeness (QED) is 0.380. The summed E-state index contributed by atoms with van der Waals surface area (Å²) in [6, 6.07) is 23.3. The second-order valence-electron chi connectivity index (χ2n) is 8.50. The van der Waals surface area contributed by atoms with Crippen LogP contribution in [0.5, 0.6) is 11.5 Å². The zero-order valence-corrected chi connectivity index (χ0v) is 19.1. The Morgan fingerprint density at radius 3 is 2.40 bits per heavy atom. The lowest BCUT2D eigenvalue weighted by Crippen LogP contribution is -2.41. The van der Waals surface area contributed by atoms with Gasteiger partial charge in [-0.3, -0.25) is 4.79 Å². The number of aromatic nitrogens is 2. The molecular weight excluding hydrogens is 443 g/mol. The van der Waals surface area contributed by atoms with Gasteiger partial charge >= 0.3 is 0 Å². The molecule has 0 spiro atoms. The van der Waals surface area contributed by atoms with Gasteiger partial charge in [0.1, 0.15) is 17.3 Å². The molecule has 6 nitrogen and oxygen atoms in total. The van der Waals surface area contributed by atoms with E-state index in [9.17, 15) is 9.18 Å². The third kappa shape index (κ3) is 5.63. The molecular formula is C28H25FN4O2. The minimum absolute atomic E-state index is 0.0252. The molecule has 1 aliphatic heterocycles. The Kier molecular flexibility index (Phi) is 6.66. The third-order valence-corrected chi connectivity index (χ3v) is 5.97. The summed E-state index contributed by atoms with van der Waals surface area (Å²) >= 11 is 0. The summed E-state index contributed by atoms with van der Waals surface area (Å²) in [6.07, 6.45) is 5.07. The van der Waals surface area contributed by atoms with Gasteiger partial charge in [-0.05, 0) is 66.9 Å². The maximum Gasteiger partial charge on any atom is 0.229 e. The number of nitrogens with one attached hydrogen (secondary N) is 1. The lowest BCUT2D eigenvalue weighted by Gasteiger charge is -2.32. The SMILES string of the molecule is O=C(Nc1ccc(Oc2ccccc2)cc1)[C@H]1CCCN(c2ncc(-c3cccc(F)c3)cn2)C1. The Balaban J connectivity index is 1.19. The molecule has 35 heavy (non-hydrogen) atoms. The number of hydrogen-bond donors (Lipinski definition) is 1. The van der Waals surface area contributed by atoms with Crippen LogP contribution in [0.15, 0.2) is 91.3 Å². The van der Waals surface area contributed by atoms with E-state index in [0.29, 0.717) is 18.2 Å². The van der Waals surface area contributed by atoms with Gasteiger partial charge < -0.3 is 15.0 Å². The maximum atomic E-state index is 13.5. The van der Waals surface area contributed by atoms with Gasteiger partial charge in [0.25, 0.3) is 0 Å². The first kappa shape index (κ1) is 22.5. The van der Waals surface area contributed by atoms with Gasteiger partial charge in [0.2, 0.25) is 11.9 Å². The number of amides is 1. The zero-order chi connectivity index (χ0) is 24.0. The van der Waals surface area contributed by atoms with E-state index < -0.39 is 0 Å². The average Bonchev–Trinajstić information content (AvgIpc) is 2.90. The van der Waals surface area contributed by atoms with Crippen LogP contribution >= 0.6 is 0 Å². The van der Waals surface area contributed by atoms with E-state index in [1.54, 1.807) is 18.5 Å². The fourth-order valence-electron chi connectivity index (χ4n) is 4.15. The molecule has 1 fully saturated rings. The van der Waals surface area contributed by atoms with E-state index in [1.807, 2.05) is 65.6 Å². The fraction of sp³-hybridized carbons (Fsp3) is 0.179. The average molecular weight is 469 g/mol. The smallest absolute Gasteiger partial charge is 0.229 e. The highest BCUT2D eigenvalue weighted by molar-refractivity contribution is 5.93. The van der Waals surface area contributed by atoms with E-state index in [4.69, 9.17) is 4.74 Å². The van der Waals surface area contributed by atoms with Crippen molar-refractivity contribution in [1.29, 1.82) is 0 Å². The normalized spacial score (nSPS) is 15.5. The molecule has 1 aliphatic rings. The van der Waals surface area contributed by atoms with Crippen molar-refractivity contribution in [2.45, 2.75) is 12.8 Å². The van der Waals surface area contributed by atoms with Crippen molar-refractivity contribution in [2.24, 2.45) is 5.92 Å². The number of hydrogen-bond acceptors (Lipinski definition) is 5. The van der Waals surface area contributed by atoms with Gasteiger partial charge in [-0.1, -0.05) is 30.3 Å². The minimum Gasteiger partial charge on any atom is -0.457 e. The Bertz CT molecular complexity index is 1280. The first-order chi connectivity index (χ1) is 17.1. The van der Waals surface area contributed by atoms with E-state index in [1.165, 1.54) is 12.1 Å². The fourth-order valence-corrected chi connectivity index (χ4v) is 4.15. The molecule has 4 aromatic rings. The Labute approximate surface area is 203 Å². The third-order valence-electron chi connectivity index (χ3n) is 5.97. The first-order valence-corrected chi connectivity index (χ1v) is 11.6. The van der Waals surface area contributed by atoms with Crippen molar-refractivity contribution in [3.8, 4) is 22.6 Å². The van der Waals surface area contributed by atoms with Crippen LogP contribution in [0.4, 0.5) is 16.0 Å². The highest BCUT2D eigenvalue weighted by Gasteiger charge is 2.27. The number of carbonyl (C=O) groups is 1. The maximum absolute atomic E-state index is 13.5. The highest BCUT2D eigenvalue weighted by Crippen LogP contribution is 2.26. The molecule has 0 saturated carbocycles. The molecule has 7 heteroatoms. The molecule has 2 heterocycles. The minimum atomic E-state index is -0.296. The molecule has 0 bridgehead atoms. The number of benzene rings is 3. The number of rotatable bonds is 6. The summed E-state index contributed by atoms with van der Waals surface area (Å²) in [6.45, 7) is 1.33. The van der Waals surface area contributed by atoms with Crippen molar-refractivity contribution in [3.05, 3.63) is 97.1 Å². The number of para-hydroxylation sites is 1. The summed E-state index contributed by atoms with van der Waals surface area (Å²) in [5.74, 6) is 1.55. The number of halogens is 1. The zero-order valence-electron chi connectivity index (χ0n) is 19.1. The number of carbonyl (C=O) groups excluding carboxylic acids is 1. The largest absolute Gasteiger partial charge is 0.457 e. The summed E-state index contributed by atoms with van der Waals surface area (Å²) in [7, 11) is 0. The second kappa shape index (κ2) is 10.3. The Morgan fingerprint density at radius 1 is 0.914 bits per heavy atom. The predicted octanol–water partition coefficient (Wildman–Crippen LogP) is 5.93. The van der Waals surface area contributed by atoms with Gasteiger partial charge in [-0.2, -0.15) is 0 Å². The van der Waals surface area contributed by atoms with E-state index in [-0.39, 0.29) is 17.6 Å². The molecule has 1 amide bonds. The van der Waals surface area contributed by atoms with E-state index in [0.717, 1.165) is 42.0 Å². The van der Waals surface area contributed by atoms with Gasteiger partial charge in [0.05, 0.1) is 5.92 Å². The van der Waals surface area contributed by atoms with Gasteiger partial charge in [0, 0.05) is 36.7 Å². The molecule has 5 rings (SSSR count). The summed E-state index contributed by atoms with van der Waals surface area (Å²) in [4.78, 5) is 23.9. The van der Waals surface area contributed by atoms with Crippen LogP contribution in [0.3, 0.4) is 0 Å².